The molecule has 138 valence electrons. The summed E-state index contributed by atoms with van der Waals surface area (Å²) in [5.74, 6) is -1.06. The fourth-order valence-electron chi connectivity index (χ4n) is 3.03. The van der Waals surface area contributed by atoms with E-state index in [9.17, 15) is 14.7 Å². The van der Waals surface area contributed by atoms with Crippen LogP contribution in [0.2, 0.25) is 0 Å². The summed E-state index contributed by atoms with van der Waals surface area (Å²) in [6.07, 6.45) is 0. The minimum absolute atomic E-state index is 0.329. The van der Waals surface area contributed by atoms with E-state index in [1.54, 1.807) is 48.5 Å². The molecule has 1 aromatic heterocycles. The lowest BCUT2D eigenvalue weighted by molar-refractivity contribution is -0.139. The first kappa shape index (κ1) is 17.5. The van der Waals surface area contributed by atoms with Gasteiger partial charge in [-0.2, -0.15) is 0 Å². The average Bonchev–Trinajstić information content (AvgIpc) is 3.16. The molecule has 0 fully saturated rings. The molecule has 2 N–H and O–H groups in total. The Balaban J connectivity index is 1.67. The summed E-state index contributed by atoms with van der Waals surface area (Å²) in [4.78, 5) is 24.4. The minimum Gasteiger partial charge on any atom is -0.479 e. The molecule has 1 atom stereocenters. The van der Waals surface area contributed by atoms with Crippen LogP contribution in [0.15, 0.2) is 83.4 Å². The Morgan fingerprint density at radius 3 is 2.29 bits per heavy atom. The first-order valence-corrected chi connectivity index (χ1v) is 8.67. The maximum Gasteiger partial charge on any atom is 0.330 e. The lowest BCUT2D eigenvalue weighted by atomic mass is 10.0. The summed E-state index contributed by atoms with van der Waals surface area (Å²) >= 11 is 0. The molecule has 0 aliphatic heterocycles. The summed E-state index contributed by atoms with van der Waals surface area (Å²) in [6.45, 7) is 0. The Morgan fingerprint density at radius 2 is 1.61 bits per heavy atom. The number of carbonyl (C=O) groups is 2. The van der Waals surface area contributed by atoms with Gasteiger partial charge < -0.3 is 14.9 Å². The topological polar surface area (TPSA) is 92.4 Å². The van der Waals surface area contributed by atoms with Gasteiger partial charge in [-0.05, 0) is 23.8 Å². The van der Waals surface area contributed by atoms with E-state index in [0.717, 1.165) is 5.56 Å². The Labute approximate surface area is 160 Å². The molecule has 1 heterocycles. The highest BCUT2D eigenvalue weighted by Crippen LogP contribution is 2.29. The van der Waals surface area contributed by atoms with Crippen LogP contribution in [0.25, 0.3) is 22.2 Å². The number of hydrogen-bond acceptors (Lipinski definition) is 4. The predicted molar refractivity (Wildman–Crippen MR) is 104 cm³/mol. The largest absolute Gasteiger partial charge is 0.479 e. The van der Waals surface area contributed by atoms with E-state index in [4.69, 9.17) is 4.52 Å². The van der Waals surface area contributed by atoms with Gasteiger partial charge in [0.15, 0.2) is 11.8 Å². The smallest absolute Gasteiger partial charge is 0.330 e. The molecule has 0 aliphatic rings. The molecule has 28 heavy (non-hydrogen) atoms. The van der Waals surface area contributed by atoms with Crippen LogP contribution in [0, 0.1) is 0 Å². The van der Waals surface area contributed by atoms with Gasteiger partial charge in [-0.25, -0.2) is 4.79 Å². The van der Waals surface area contributed by atoms with Gasteiger partial charge in [-0.15, -0.1) is 0 Å². The van der Waals surface area contributed by atoms with Crippen LogP contribution < -0.4 is 5.32 Å². The zero-order valence-corrected chi connectivity index (χ0v) is 14.7. The van der Waals surface area contributed by atoms with E-state index in [0.29, 0.717) is 27.8 Å². The van der Waals surface area contributed by atoms with E-state index in [2.05, 4.69) is 10.5 Å². The average molecular weight is 372 g/mol. The number of nitrogens with zero attached hydrogens (tertiary/aromatic N) is 1. The number of carboxylic acid groups (broad SMARTS) is 1. The van der Waals surface area contributed by atoms with Crippen molar-refractivity contribution in [3.05, 3.63) is 90.0 Å². The zero-order chi connectivity index (χ0) is 19.5. The van der Waals surface area contributed by atoms with Crippen LogP contribution in [0.5, 0.6) is 0 Å². The fraction of sp³-hybridized carbons (Fsp3) is 0.0455. The SMILES string of the molecule is O=C(NC(C(=O)O)c1ccccc1)c1ccc2noc(-c3ccccc3)c2c1. The molecular formula is C22H16N2O4. The van der Waals surface area contributed by atoms with E-state index in [1.807, 2.05) is 30.3 Å². The molecule has 0 saturated heterocycles. The molecule has 3 aromatic carbocycles. The number of fused-ring (bicyclic) bond motifs is 1. The van der Waals surface area contributed by atoms with Crippen molar-refractivity contribution in [1.82, 2.24) is 10.5 Å². The van der Waals surface area contributed by atoms with Gasteiger partial charge in [0.25, 0.3) is 5.91 Å². The number of aromatic nitrogens is 1. The van der Waals surface area contributed by atoms with Crippen molar-refractivity contribution in [2.75, 3.05) is 0 Å². The highest BCUT2D eigenvalue weighted by molar-refractivity contribution is 6.02. The monoisotopic (exact) mass is 372 g/mol. The molecule has 6 nitrogen and oxygen atoms in total. The molecule has 0 saturated carbocycles. The van der Waals surface area contributed by atoms with Crippen LogP contribution >= 0.6 is 0 Å². The van der Waals surface area contributed by atoms with E-state index in [1.165, 1.54) is 0 Å². The molecule has 0 bridgehead atoms. The molecule has 0 spiro atoms. The first-order chi connectivity index (χ1) is 13.6. The van der Waals surface area contributed by atoms with E-state index < -0.39 is 17.9 Å². The van der Waals surface area contributed by atoms with Gasteiger partial charge in [0, 0.05) is 11.1 Å². The normalized spacial score (nSPS) is 11.9. The Bertz CT molecular complexity index is 1140. The van der Waals surface area contributed by atoms with Crippen molar-refractivity contribution in [1.29, 1.82) is 0 Å². The third kappa shape index (κ3) is 3.35. The molecular weight excluding hydrogens is 356 g/mol. The molecule has 0 radical (unpaired) electrons. The number of carboxylic acids is 1. The summed E-state index contributed by atoms with van der Waals surface area (Å²) in [5.41, 5.74) is 2.29. The van der Waals surface area contributed by atoms with E-state index >= 15 is 0 Å². The molecule has 4 rings (SSSR count). The predicted octanol–water partition coefficient (Wildman–Crippen LogP) is 4.05. The second kappa shape index (κ2) is 7.36. The molecule has 0 aliphatic carbocycles. The second-order valence-electron chi connectivity index (χ2n) is 6.27. The lowest BCUT2D eigenvalue weighted by Gasteiger charge is -2.15. The highest BCUT2D eigenvalue weighted by atomic mass is 16.5. The van der Waals surface area contributed by atoms with Gasteiger partial charge in [0.05, 0.1) is 5.39 Å². The van der Waals surface area contributed by atoms with Crippen molar-refractivity contribution in [2.24, 2.45) is 0 Å². The Hall–Kier alpha value is -3.93. The molecule has 1 amide bonds. The summed E-state index contributed by atoms with van der Waals surface area (Å²) in [6, 6.07) is 21.8. The van der Waals surface area contributed by atoms with Gasteiger partial charge in [0.2, 0.25) is 0 Å². The number of nitrogens with one attached hydrogen (secondary N) is 1. The van der Waals surface area contributed by atoms with Crippen LogP contribution in [-0.2, 0) is 4.79 Å². The van der Waals surface area contributed by atoms with Crippen molar-refractivity contribution >= 4 is 22.8 Å². The quantitative estimate of drug-likeness (QED) is 0.551. The van der Waals surface area contributed by atoms with Gasteiger partial charge in [0.1, 0.15) is 5.52 Å². The van der Waals surface area contributed by atoms with Gasteiger partial charge >= 0.3 is 5.97 Å². The summed E-state index contributed by atoms with van der Waals surface area (Å²) < 4.78 is 5.45. The number of benzene rings is 3. The number of rotatable bonds is 5. The van der Waals surface area contributed by atoms with Crippen molar-refractivity contribution in [2.45, 2.75) is 6.04 Å². The van der Waals surface area contributed by atoms with Gasteiger partial charge in [-0.3, -0.25) is 4.79 Å². The third-order valence-corrected chi connectivity index (χ3v) is 4.43. The van der Waals surface area contributed by atoms with Crippen molar-refractivity contribution < 1.29 is 19.2 Å². The second-order valence-corrected chi connectivity index (χ2v) is 6.27. The molecule has 4 aromatic rings. The summed E-state index contributed by atoms with van der Waals surface area (Å²) in [5, 5.41) is 16.8. The lowest BCUT2D eigenvalue weighted by Crippen LogP contribution is -2.33. The number of aliphatic carboxylic acids is 1. The fourth-order valence-corrected chi connectivity index (χ4v) is 3.03. The molecule has 1 unspecified atom stereocenters. The standard InChI is InChI=1S/C22H16N2O4/c25-21(23-19(22(26)27)14-7-3-1-4-8-14)16-11-12-18-17(13-16)20(28-24-18)15-9-5-2-6-10-15/h1-13,19H,(H,23,25)(H,26,27). The zero-order valence-electron chi connectivity index (χ0n) is 14.7. The van der Waals surface area contributed by atoms with Crippen molar-refractivity contribution in [3.8, 4) is 11.3 Å². The number of hydrogen-bond donors (Lipinski definition) is 2. The van der Waals surface area contributed by atoms with Crippen molar-refractivity contribution in [3.63, 3.8) is 0 Å². The van der Waals surface area contributed by atoms with Gasteiger partial charge in [-0.1, -0.05) is 65.8 Å². The van der Waals surface area contributed by atoms with Crippen LogP contribution in [-0.4, -0.2) is 22.1 Å². The van der Waals surface area contributed by atoms with Crippen LogP contribution in [0.4, 0.5) is 0 Å². The maximum atomic E-state index is 12.7. The Morgan fingerprint density at radius 1 is 0.929 bits per heavy atom. The first-order valence-electron chi connectivity index (χ1n) is 8.67. The highest BCUT2D eigenvalue weighted by Gasteiger charge is 2.23. The number of carbonyl (C=O) groups excluding carboxylic acids is 1. The number of amides is 1. The maximum absolute atomic E-state index is 12.7. The van der Waals surface area contributed by atoms with Crippen LogP contribution in [0.1, 0.15) is 22.0 Å². The Kier molecular flexibility index (Phi) is 4.60. The summed E-state index contributed by atoms with van der Waals surface area (Å²) in [7, 11) is 0. The van der Waals surface area contributed by atoms with Crippen LogP contribution in [0.3, 0.4) is 0 Å². The third-order valence-electron chi connectivity index (χ3n) is 4.43. The van der Waals surface area contributed by atoms with E-state index in [-0.39, 0.29) is 0 Å². The minimum atomic E-state index is -1.14. The molecule has 6 heteroatoms.